The molecule has 0 saturated heterocycles. The molecule has 0 aliphatic rings. The van der Waals surface area contributed by atoms with E-state index in [9.17, 15) is 31.0 Å². The molecule has 0 aromatic heterocycles. The summed E-state index contributed by atoms with van der Waals surface area (Å²) < 4.78 is 83.5. The molecule has 0 atom stereocenters. The van der Waals surface area contributed by atoms with Crippen LogP contribution in [-0.4, -0.2) is 52.4 Å². The number of nitrogens with one attached hydrogen (secondary N) is 1. The lowest BCUT2D eigenvalue weighted by Crippen LogP contribution is -1.99. The predicted octanol–water partition coefficient (Wildman–Crippen LogP) is 10.4. The van der Waals surface area contributed by atoms with Crippen molar-refractivity contribution in [2.75, 3.05) is 26.6 Å². The second-order valence-electron chi connectivity index (χ2n) is 12.0. The molecule has 0 aliphatic heterocycles. The van der Waals surface area contributed by atoms with Gasteiger partial charge in [0.05, 0.1) is 37.6 Å². The number of aryl methyl sites for hydroxylation is 1. The molecule has 17 nitrogen and oxygen atoms in total. The number of hydrogen-bond donors (Lipinski definition) is 4. The van der Waals surface area contributed by atoms with E-state index in [2.05, 4.69) is 36.0 Å². The molecular formula is C38H33N7O10S2. The first-order chi connectivity index (χ1) is 27.2. The number of aromatic hydroxyl groups is 1. The summed E-state index contributed by atoms with van der Waals surface area (Å²) in [6, 6.07) is 26.7. The van der Waals surface area contributed by atoms with Gasteiger partial charge in [0, 0.05) is 35.0 Å². The number of rotatable bonds is 13. The molecule has 0 heterocycles. The number of phenols is 1. The molecule has 57 heavy (non-hydrogen) atoms. The summed E-state index contributed by atoms with van der Waals surface area (Å²) in [7, 11) is -5.01. The van der Waals surface area contributed by atoms with Crippen molar-refractivity contribution in [2.24, 2.45) is 30.7 Å². The highest BCUT2D eigenvalue weighted by atomic mass is 32.2. The predicted molar refractivity (Wildman–Crippen MR) is 211 cm³/mol. The third-order valence-corrected chi connectivity index (χ3v) is 10.0. The van der Waals surface area contributed by atoms with Gasteiger partial charge in [-0.1, -0.05) is 18.2 Å². The van der Waals surface area contributed by atoms with E-state index < -0.39 is 36.6 Å². The van der Waals surface area contributed by atoms with Crippen LogP contribution in [0.2, 0.25) is 0 Å². The van der Waals surface area contributed by atoms with E-state index in [0.29, 0.717) is 28.0 Å². The summed E-state index contributed by atoms with van der Waals surface area (Å²) in [5.74, 6) is 0.188. The highest BCUT2D eigenvalue weighted by Crippen LogP contribution is 2.45. The molecule has 0 spiro atoms. The van der Waals surface area contributed by atoms with Crippen LogP contribution < -0.4 is 19.5 Å². The van der Waals surface area contributed by atoms with Gasteiger partial charge in [-0.05, 0) is 84.6 Å². The van der Waals surface area contributed by atoms with Crippen molar-refractivity contribution < 1.29 is 45.3 Å². The minimum absolute atomic E-state index is 0.152. The zero-order valence-electron chi connectivity index (χ0n) is 30.5. The fraction of sp³-hybridized carbons (Fsp3) is 0.105. The Morgan fingerprint density at radius 2 is 1.11 bits per heavy atom. The quantitative estimate of drug-likeness (QED) is 0.0631. The van der Waals surface area contributed by atoms with Crippen molar-refractivity contribution in [3.8, 4) is 23.0 Å². The van der Waals surface area contributed by atoms with E-state index in [1.54, 1.807) is 31.2 Å². The Hall–Kier alpha value is -6.80. The van der Waals surface area contributed by atoms with E-state index in [4.69, 9.17) is 14.2 Å². The zero-order valence-corrected chi connectivity index (χ0v) is 32.1. The highest BCUT2D eigenvalue weighted by molar-refractivity contribution is 7.86. The number of azo groups is 3. The monoisotopic (exact) mass is 811 g/mol. The molecule has 0 radical (unpaired) electrons. The molecule has 0 saturated carbocycles. The molecule has 0 aliphatic carbocycles. The summed E-state index contributed by atoms with van der Waals surface area (Å²) in [6.45, 7) is 1.72. The molecule has 0 bridgehead atoms. The molecule has 292 valence electrons. The van der Waals surface area contributed by atoms with Gasteiger partial charge >= 0.3 is 0 Å². The largest absolute Gasteiger partial charge is 0.505 e. The Morgan fingerprint density at radius 1 is 0.561 bits per heavy atom. The van der Waals surface area contributed by atoms with Crippen LogP contribution >= 0.6 is 0 Å². The van der Waals surface area contributed by atoms with Crippen LogP contribution in [0, 0.1) is 6.92 Å². The summed E-state index contributed by atoms with van der Waals surface area (Å²) in [5.41, 5.74) is 2.83. The van der Waals surface area contributed by atoms with E-state index >= 15 is 0 Å². The van der Waals surface area contributed by atoms with Crippen molar-refractivity contribution in [3.05, 3.63) is 109 Å². The average molecular weight is 812 g/mol. The van der Waals surface area contributed by atoms with Crippen molar-refractivity contribution in [1.29, 1.82) is 0 Å². The Kier molecular flexibility index (Phi) is 11.6. The summed E-state index contributed by atoms with van der Waals surface area (Å²) in [6.07, 6.45) is 0. The number of hydrogen-bond acceptors (Lipinski definition) is 15. The lowest BCUT2D eigenvalue weighted by atomic mass is 10.1. The van der Waals surface area contributed by atoms with Gasteiger partial charge in [0.2, 0.25) is 0 Å². The number of nitrogens with zero attached hydrogens (tertiary/aromatic N) is 6. The van der Waals surface area contributed by atoms with E-state index in [1.807, 2.05) is 30.3 Å². The number of para-hydroxylation sites is 1. The normalized spacial score (nSPS) is 12.2. The fourth-order valence-corrected chi connectivity index (χ4v) is 6.59. The molecule has 6 rings (SSSR count). The third-order valence-electron chi connectivity index (χ3n) is 8.30. The molecule has 0 fully saturated rings. The molecule has 6 aromatic carbocycles. The zero-order chi connectivity index (χ0) is 40.9. The number of anilines is 2. The van der Waals surface area contributed by atoms with Crippen LogP contribution in [0.5, 0.6) is 23.0 Å². The van der Waals surface area contributed by atoms with Crippen LogP contribution in [-0.2, 0) is 20.2 Å². The maximum absolute atomic E-state index is 12.5. The topological polar surface area (TPSA) is 243 Å². The van der Waals surface area contributed by atoms with Crippen LogP contribution in [0.4, 0.5) is 45.5 Å². The lowest BCUT2D eigenvalue weighted by Gasteiger charge is -2.12. The number of benzene rings is 6. The van der Waals surface area contributed by atoms with Gasteiger partial charge in [-0.2, -0.15) is 27.1 Å². The van der Waals surface area contributed by atoms with Gasteiger partial charge in [0.1, 0.15) is 44.9 Å². The van der Waals surface area contributed by atoms with Gasteiger partial charge in [-0.25, -0.2) is 0 Å². The van der Waals surface area contributed by atoms with E-state index in [1.165, 1.54) is 69.9 Å². The first-order valence-electron chi connectivity index (χ1n) is 16.5. The fourth-order valence-electron chi connectivity index (χ4n) is 5.45. The van der Waals surface area contributed by atoms with Gasteiger partial charge < -0.3 is 24.6 Å². The standard InChI is InChI=1S/C38H33N7O10S2/c1-22-16-30(44-45-37-36(57(50,51)52)18-23-17-26(12-15-28(23)38(37)46)39-24-8-6-5-7-9-24)33(53-2)19-29(22)41-43-32-21-34(54-3)31(20-35(32)55-4)42-40-25-10-13-27(14-11-25)56(47,48)49/h5-21,39,46H,1-4H3,(H,47,48,49)(H,50,51,52). The average Bonchev–Trinajstić information content (AvgIpc) is 3.18. The van der Waals surface area contributed by atoms with Gasteiger partial charge in [0.15, 0.2) is 5.75 Å². The second-order valence-corrected chi connectivity index (χ2v) is 14.9. The molecule has 0 unspecified atom stereocenters. The Balaban J connectivity index is 1.29. The Morgan fingerprint density at radius 3 is 1.68 bits per heavy atom. The van der Waals surface area contributed by atoms with Crippen LogP contribution in [0.1, 0.15) is 5.56 Å². The maximum Gasteiger partial charge on any atom is 0.296 e. The molecule has 19 heteroatoms. The number of methoxy groups -OCH3 is 3. The third kappa shape index (κ3) is 9.19. The van der Waals surface area contributed by atoms with Gasteiger partial charge in [-0.3, -0.25) is 9.11 Å². The van der Waals surface area contributed by atoms with Crippen molar-refractivity contribution in [1.82, 2.24) is 0 Å². The molecule has 0 amide bonds. The van der Waals surface area contributed by atoms with Crippen molar-refractivity contribution in [3.63, 3.8) is 0 Å². The SMILES string of the molecule is COc1cc(N=Nc2cc(OC)c(N=Nc3c(S(=O)(=O)O)cc4cc(Nc5ccccc5)ccc4c3O)cc2C)c(OC)cc1N=Nc1ccc(S(=O)(=O)O)cc1. The lowest BCUT2D eigenvalue weighted by molar-refractivity contribution is 0.405. The van der Waals surface area contributed by atoms with Crippen molar-refractivity contribution >= 4 is 76.5 Å². The number of phenolic OH excluding ortho intramolecular Hbond substituents is 1. The minimum Gasteiger partial charge on any atom is -0.505 e. The summed E-state index contributed by atoms with van der Waals surface area (Å²) in [4.78, 5) is -0.940. The van der Waals surface area contributed by atoms with E-state index in [0.717, 1.165) is 5.69 Å². The van der Waals surface area contributed by atoms with Gasteiger partial charge in [0.25, 0.3) is 20.2 Å². The summed E-state index contributed by atoms with van der Waals surface area (Å²) in [5, 5.41) is 40.2. The first-order valence-corrected chi connectivity index (χ1v) is 19.4. The Bertz CT molecular complexity index is 2800. The first kappa shape index (κ1) is 39.9. The smallest absolute Gasteiger partial charge is 0.296 e. The molecule has 6 aromatic rings. The Labute approximate surface area is 326 Å². The summed E-state index contributed by atoms with van der Waals surface area (Å²) >= 11 is 0. The van der Waals surface area contributed by atoms with Crippen molar-refractivity contribution in [2.45, 2.75) is 16.7 Å². The molecular weight excluding hydrogens is 779 g/mol. The number of ether oxygens (including phenoxy) is 3. The van der Waals surface area contributed by atoms with E-state index in [-0.39, 0.29) is 44.6 Å². The van der Waals surface area contributed by atoms with Gasteiger partial charge in [-0.15, -0.1) is 20.5 Å². The second kappa shape index (κ2) is 16.5. The van der Waals surface area contributed by atoms with Crippen LogP contribution in [0.25, 0.3) is 10.8 Å². The van der Waals surface area contributed by atoms with Crippen LogP contribution in [0.3, 0.4) is 0 Å². The van der Waals surface area contributed by atoms with Crippen LogP contribution in [0.15, 0.2) is 144 Å². The minimum atomic E-state index is -4.87. The maximum atomic E-state index is 12.5. The molecule has 4 N–H and O–H groups in total. The highest BCUT2D eigenvalue weighted by Gasteiger charge is 2.23. The number of fused-ring (bicyclic) bond motifs is 1.